The smallest absolute Gasteiger partial charge is 0.242 e. The molecule has 144 valence electrons. The fourth-order valence-corrected chi connectivity index (χ4v) is 3.79. The topological polar surface area (TPSA) is 64.4 Å². The van der Waals surface area contributed by atoms with Crippen LogP contribution >= 0.6 is 0 Å². The average molecular weight is 377 g/mol. The van der Waals surface area contributed by atoms with Crippen molar-refractivity contribution in [3.05, 3.63) is 60.7 Å². The van der Waals surface area contributed by atoms with Gasteiger partial charge in [-0.25, -0.2) is 4.98 Å². The number of piperidine rings is 1. The molecule has 0 spiro atoms. The van der Waals surface area contributed by atoms with Crippen LogP contribution < -0.4 is 4.74 Å². The van der Waals surface area contributed by atoms with E-state index < -0.39 is 0 Å². The Morgan fingerprint density at radius 3 is 2.79 bits per heavy atom. The van der Waals surface area contributed by atoms with Crippen LogP contribution in [-0.4, -0.2) is 46.3 Å². The molecule has 0 N–H and O–H groups in total. The fourth-order valence-electron chi connectivity index (χ4n) is 3.79. The molecule has 1 fully saturated rings. The molecule has 2 aromatic carbocycles. The number of imidazole rings is 1. The Bertz CT molecular complexity index is 997. The maximum absolute atomic E-state index is 13.1. The van der Waals surface area contributed by atoms with Crippen LogP contribution in [0.4, 0.5) is 0 Å². The van der Waals surface area contributed by atoms with Crippen molar-refractivity contribution in [1.29, 1.82) is 0 Å². The van der Waals surface area contributed by atoms with Crippen molar-refractivity contribution in [3.63, 3.8) is 0 Å². The summed E-state index contributed by atoms with van der Waals surface area (Å²) in [6.45, 7) is 1.44. The second-order valence-corrected chi connectivity index (χ2v) is 7.21. The second kappa shape index (κ2) is 7.84. The molecule has 3 aromatic rings. The molecule has 2 heterocycles. The van der Waals surface area contributed by atoms with Gasteiger partial charge >= 0.3 is 0 Å². The highest BCUT2D eigenvalue weighted by Gasteiger charge is 2.29. The maximum Gasteiger partial charge on any atom is 0.242 e. The van der Waals surface area contributed by atoms with E-state index in [0.29, 0.717) is 18.7 Å². The molecule has 0 aliphatic carbocycles. The van der Waals surface area contributed by atoms with Gasteiger partial charge in [-0.2, -0.15) is 0 Å². The van der Waals surface area contributed by atoms with Crippen LogP contribution in [0.25, 0.3) is 10.8 Å². The SMILES string of the molecule is COc1ccc2cc(C(=O)C3CCCN(C(=O)Cn4ccnc4)C3)ccc2c1. The Morgan fingerprint density at radius 1 is 1.18 bits per heavy atom. The van der Waals surface area contributed by atoms with E-state index in [1.165, 1.54) is 0 Å². The van der Waals surface area contributed by atoms with Crippen LogP contribution in [0.5, 0.6) is 5.75 Å². The van der Waals surface area contributed by atoms with Crippen LogP contribution in [-0.2, 0) is 11.3 Å². The summed E-state index contributed by atoms with van der Waals surface area (Å²) in [5.74, 6) is 0.779. The van der Waals surface area contributed by atoms with E-state index in [1.807, 2.05) is 36.4 Å². The van der Waals surface area contributed by atoms with E-state index in [-0.39, 0.29) is 24.2 Å². The summed E-state index contributed by atoms with van der Waals surface area (Å²) in [6, 6.07) is 11.6. The number of hydrogen-bond acceptors (Lipinski definition) is 4. The molecule has 0 bridgehead atoms. The Balaban J connectivity index is 1.47. The molecule has 0 saturated carbocycles. The normalized spacial score (nSPS) is 16.9. The standard InChI is InChI=1S/C22H23N3O3/c1-28-20-7-6-16-11-18(5-4-17(16)12-20)22(27)19-3-2-9-25(13-19)21(26)14-24-10-8-23-15-24/h4-8,10-12,15,19H,2-3,9,13-14H2,1H3. The third-order valence-electron chi connectivity index (χ3n) is 5.35. The van der Waals surface area contributed by atoms with Crippen LogP contribution in [0.1, 0.15) is 23.2 Å². The zero-order valence-corrected chi connectivity index (χ0v) is 15.9. The number of carbonyl (C=O) groups excluding carboxylic acids is 2. The van der Waals surface area contributed by atoms with Crippen molar-refractivity contribution in [2.75, 3.05) is 20.2 Å². The summed E-state index contributed by atoms with van der Waals surface area (Å²) in [4.78, 5) is 31.4. The highest BCUT2D eigenvalue weighted by Crippen LogP contribution is 2.25. The molecule has 6 nitrogen and oxygen atoms in total. The van der Waals surface area contributed by atoms with Gasteiger partial charge in [0.25, 0.3) is 0 Å². The molecule has 1 aliphatic heterocycles. The first-order valence-corrected chi connectivity index (χ1v) is 9.49. The third kappa shape index (κ3) is 3.76. The first kappa shape index (κ1) is 18.2. The number of rotatable bonds is 5. The number of methoxy groups -OCH3 is 1. The lowest BCUT2D eigenvalue weighted by Crippen LogP contribution is -2.43. The molecule has 1 saturated heterocycles. The molecular formula is C22H23N3O3. The molecule has 0 radical (unpaired) electrons. The Kier molecular flexibility index (Phi) is 5.10. The summed E-state index contributed by atoms with van der Waals surface area (Å²) >= 11 is 0. The van der Waals surface area contributed by atoms with Crippen LogP contribution in [0.2, 0.25) is 0 Å². The van der Waals surface area contributed by atoms with Gasteiger partial charge in [-0.1, -0.05) is 18.2 Å². The molecule has 1 aliphatic rings. The highest BCUT2D eigenvalue weighted by molar-refractivity contribution is 6.01. The molecule has 1 unspecified atom stereocenters. The third-order valence-corrected chi connectivity index (χ3v) is 5.35. The lowest BCUT2D eigenvalue weighted by molar-refractivity contribution is -0.133. The van der Waals surface area contributed by atoms with Gasteiger partial charge in [-0.3, -0.25) is 9.59 Å². The zero-order valence-electron chi connectivity index (χ0n) is 15.9. The predicted molar refractivity (Wildman–Crippen MR) is 106 cm³/mol. The minimum Gasteiger partial charge on any atom is -0.497 e. The number of hydrogen-bond donors (Lipinski definition) is 0. The predicted octanol–water partition coefficient (Wildman–Crippen LogP) is 3.17. The minimum atomic E-state index is -0.156. The Labute approximate surface area is 163 Å². The van der Waals surface area contributed by atoms with Gasteiger partial charge in [0.1, 0.15) is 12.3 Å². The van der Waals surface area contributed by atoms with Crippen LogP contribution in [0.3, 0.4) is 0 Å². The second-order valence-electron chi connectivity index (χ2n) is 7.21. The van der Waals surface area contributed by atoms with E-state index in [9.17, 15) is 9.59 Å². The molecular weight excluding hydrogens is 354 g/mol. The first-order chi connectivity index (χ1) is 13.6. The first-order valence-electron chi connectivity index (χ1n) is 9.49. The number of benzene rings is 2. The molecule has 1 amide bonds. The largest absolute Gasteiger partial charge is 0.497 e. The van der Waals surface area contributed by atoms with E-state index in [0.717, 1.165) is 29.4 Å². The number of nitrogens with zero attached hydrogens (tertiary/aromatic N) is 3. The minimum absolute atomic E-state index is 0.0288. The summed E-state index contributed by atoms with van der Waals surface area (Å²) in [5.41, 5.74) is 0.701. The summed E-state index contributed by atoms with van der Waals surface area (Å²) < 4.78 is 7.01. The van der Waals surface area contributed by atoms with Gasteiger partial charge in [0.15, 0.2) is 5.78 Å². The van der Waals surface area contributed by atoms with E-state index in [4.69, 9.17) is 4.74 Å². The lowest BCUT2D eigenvalue weighted by Gasteiger charge is -2.32. The summed E-state index contributed by atoms with van der Waals surface area (Å²) in [6.07, 6.45) is 6.72. The van der Waals surface area contributed by atoms with Crippen molar-refractivity contribution < 1.29 is 14.3 Å². The number of Topliss-reactive ketones (excluding diaryl/α,β-unsaturated/α-hetero) is 1. The van der Waals surface area contributed by atoms with E-state index in [1.54, 1.807) is 35.3 Å². The zero-order chi connectivity index (χ0) is 19.5. The molecule has 4 rings (SSSR count). The molecule has 1 aromatic heterocycles. The van der Waals surface area contributed by atoms with Gasteiger partial charge in [0, 0.05) is 37.0 Å². The van der Waals surface area contributed by atoms with Crippen LogP contribution in [0, 0.1) is 5.92 Å². The van der Waals surface area contributed by atoms with Gasteiger partial charge < -0.3 is 14.2 Å². The monoisotopic (exact) mass is 377 g/mol. The van der Waals surface area contributed by atoms with Crippen molar-refractivity contribution >= 4 is 22.5 Å². The van der Waals surface area contributed by atoms with Crippen molar-refractivity contribution in [2.24, 2.45) is 5.92 Å². The number of aromatic nitrogens is 2. The number of fused-ring (bicyclic) bond motifs is 1. The van der Waals surface area contributed by atoms with Gasteiger partial charge in [-0.15, -0.1) is 0 Å². The number of likely N-dealkylation sites (tertiary alicyclic amines) is 1. The maximum atomic E-state index is 13.1. The van der Waals surface area contributed by atoms with E-state index in [2.05, 4.69) is 4.98 Å². The highest BCUT2D eigenvalue weighted by atomic mass is 16.5. The van der Waals surface area contributed by atoms with E-state index >= 15 is 0 Å². The Morgan fingerprint density at radius 2 is 2.00 bits per heavy atom. The molecule has 1 atom stereocenters. The summed E-state index contributed by atoms with van der Waals surface area (Å²) in [7, 11) is 1.64. The number of ketones is 1. The van der Waals surface area contributed by atoms with Gasteiger partial charge in [-0.05, 0) is 41.8 Å². The average Bonchev–Trinajstić information content (AvgIpc) is 3.25. The van der Waals surface area contributed by atoms with Crippen molar-refractivity contribution in [3.8, 4) is 5.75 Å². The van der Waals surface area contributed by atoms with Crippen molar-refractivity contribution in [2.45, 2.75) is 19.4 Å². The van der Waals surface area contributed by atoms with Crippen LogP contribution in [0.15, 0.2) is 55.1 Å². The van der Waals surface area contributed by atoms with Gasteiger partial charge in [0.05, 0.1) is 13.4 Å². The molecule has 28 heavy (non-hydrogen) atoms. The summed E-state index contributed by atoms with van der Waals surface area (Å²) in [5, 5.41) is 2.05. The lowest BCUT2D eigenvalue weighted by atomic mass is 9.89. The molecule has 6 heteroatoms. The Hall–Kier alpha value is -3.15. The van der Waals surface area contributed by atoms with Crippen molar-refractivity contribution in [1.82, 2.24) is 14.5 Å². The fraction of sp³-hybridized carbons (Fsp3) is 0.318. The number of carbonyl (C=O) groups is 2. The number of amides is 1. The number of ether oxygens (including phenoxy) is 1. The van der Waals surface area contributed by atoms with Gasteiger partial charge in [0.2, 0.25) is 5.91 Å². The quantitative estimate of drug-likeness (QED) is 0.641.